The SMILES string of the molecule is Nc1ccc(C(=O)O)c(S(=O)(=O)Nc2ccccc2I)c1. The minimum atomic E-state index is -4.05. The molecule has 0 radical (unpaired) electrons. The van der Waals surface area contributed by atoms with Crippen LogP contribution in [0, 0.1) is 3.57 Å². The number of para-hydroxylation sites is 1. The van der Waals surface area contributed by atoms with E-state index >= 15 is 0 Å². The minimum absolute atomic E-state index is 0.170. The zero-order chi connectivity index (χ0) is 15.6. The topological polar surface area (TPSA) is 109 Å². The van der Waals surface area contributed by atoms with Gasteiger partial charge in [0, 0.05) is 9.26 Å². The van der Waals surface area contributed by atoms with E-state index in [9.17, 15) is 13.2 Å². The van der Waals surface area contributed by atoms with Gasteiger partial charge in [0.05, 0.1) is 11.3 Å². The van der Waals surface area contributed by atoms with E-state index in [1.54, 1.807) is 24.3 Å². The summed E-state index contributed by atoms with van der Waals surface area (Å²) in [6.07, 6.45) is 0. The van der Waals surface area contributed by atoms with Crippen LogP contribution in [0.5, 0.6) is 0 Å². The summed E-state index contributed by atoms with van der Waals surface area (Å²) in [7, 11) is -4.05. The molecule has 0 spiro atoms. The lowest BCUT2D eigenvalue weighted by Gasteiger charge is -2.12. The molecule has 21 heavy (non-hydrogen) atoms. The van der Waals surface area contributed by atoms with Crippen LogP contribution in [-0.2, 0) is 10.0 Å². The Labute approximate surface area is 135 Å². The molecular weight excluding hydrogens is 407 g/mol. The Morgan fingerprint density at radius 1 is 1.19 bits per heavy atom. The second kappa shape index (κ2) is 5.90. The average molecular weight is 418 g/mol. The molecule has 8 heteroatoms. The van der Waals surface area contributed by atoms with E-state index < -0.39 is 16.0 Å². The van der Waals surface area contributed by atoms with Crippen molar-refractivity contribution in [3.05, 3.63) is 51.6 Å². The van der Waals surface area contributed by atoms with Crippen LogP contribution < -0.4 is 10.5 Å². The number of rotatable bonds is 4. The Morgan fingerprint density at radius 2 is 1.86 bits per heavy atom. The van der Waals surface area contributed by atoms with Crippen molar-refractivity contribution in [2.45, 2.75) is 4.90 Å². The van der Waals surface area contributed by atoms with Gasteiger partial charge < -0.3 is 10.8 Å². The molecule has 2 aromatic carbocycles. The number of halogens is 1. The summed E-state index contributed by atoms with van der Waals surface area (Å²) < 4.78 is 27.9. The van der Waals surface area contributed by atoms with Crippen molar-refractivity contribution in [1.29, 1.82) is 0 Å². The lowest BCUT2D eigenvalue weighted by Crippen LogP contribution is -2.17. The molecule has 0 amide bonds. The second-order valence-electron chi connectivity index (χ2n) is 4.15. The van der Waals surface area contributed by atoms with Crippen LogP contribution in [0.1, 0.15) is 10.4 Å². The number of anilines is 2. The van der Waals surface area contributed by atoms with Crippen molar-refractivity contribution in [2.75, 3.05) is 10.5 Å². The van der Waals surface area contributed by atoms with Gasteiger partial charge in [0.25, 0.3) is 10.0 Å². The first-order valence-electron chi connectivity index (χ1n) is 5.71. The van der Waals surface area contributed by atoms with Crippen LogP contribution in [0.15, 0.2) is 47.4 Å². The quantitative estimate of drug-likeness (QED) is 0.522. The maximum atomic E-state index is 12.4. The van der Waals surface area contributed by atoms with E-state index in [1.807, 2.05) is 22.6 Å². The second-order valence-corrected chi connectivity index (χ2v) is 6.96. The van der Waals surface area contributed by atoms with Crippen molar-refractivity contribution >= 4 is 50.0 Å². The Balaban J connectivity index is 2.52. The van der Waals surface area contributed by atoms with Gasteiger partial charge in [0.15, 0.2) is 0 Å². The molecule has 0 aliphatic heterocycles. The van der Waals surface area contributed by atoms with Gasteiger partial charge in [-0.15, -0.1) is 0 Å². The van der Waals surface area contributed by atoms with Crippen molar-refractivity contribution in [1.82, 2.24) is 0 Å². The summed E-state index contributed by atoms with van der Waals surface area (Å²) in [6.45, 7) is 0. The molecule has 2 rings (SSSR count). The number of sulfonamides is 1. The van der Waals surface area contributed by atoms with Crippen molar-refractivity contribution in [2.24, 2.45) is 0 Å². The Hall–Kier alpha value is -1.81. The summed E-state index contributed by atoms with van der Waals surface area (Å²) >= 11 is 1.98. The van der Waals surface area contributed by atoms with E-state index in [0.717, 1.165) is 6.07 Å². The third-order valence-corrected chi connectivity index (χ3v) is 4.99. The molecule has 0 saturated carbocycles. The van der Waals surface area contributed by atoms with Crippen molar-refractivity contribution in [3.8, 4) is 0 Å². The zero-order valence-corrected chi connectivity index (χ0v) is 13.6. The molecule has 0 atom stereocenters. The van der Waals surface area contributed by atoms with Gasteiger partial charge in [0.1, 0.15) is 4.90 Å². The maximum absolute atomic E-state index is 12.4. The van der Waals surface area contributed by atoms with Gasteiger partial charge in [-0.1, -0.05) is 12.1 Å². The van der Waals surface area contributed by atoms with Gasteiger partial charge in [-0.25, -0.2) is 13.2 Å². The molecule has 2 aromatic rings. The van der Waals surface area contributed by atoms with Gasteiger partial charge in [-0.05, 0) is 52.9 Å². The number of aromatic carboxylic acids is 1. The molecule has 6 nitrogen and oxygen atoms in total. The Kier molecular flexibility index (Phi) is 4.37. The molecule has 0 saturated heterocycles. The highest BCUT2D eigenvalue weighted by Gasteiger charge is 2.23. The summed E-state index contributed by atoms with van der Waals surface area (Å²) in [6, 6.07) is 10.4. The normalized spacial score (nSPS) is 11.1. The van der Waals surface area contributed by atoms with Crippen LogP contribution >= 0.6 is 22.6 Å². The molecule has 0 unspecified atom stereocenters. The number of carboxylic acids is 1. The van der Waals surface area contributed by atoms with Crippen LogP contribution in [-0.4, -0.2) is 19.5 Å². The lowest BCUT2D eigenvalue weighted by atomic mass is 10.2. The van der Waals surface area contributed by atoms with E-state index in [2.05, 4.69) is 4.72 Å². The number of carbonyl (C=O) groups is 1. The van der Waals surface area contributed by atoms with Gasteiger partial charge in [-0.2, -0.15) is 0 Å². The first-order chi connectivity index (χ1) is 9.81. The Morgan fingerprint density at radius 3 is 2.48 bits per heavy atom. The number of nitrogens with two attached hydrogens (primary N) is 1. The molecule has 0 aromatic heterocycles. The van der Waals surface area contributed by atoms with Gasteiger partial charge >= 0.3 is 5.97 Å². The smallest absolute Gasteiger partial charge is 0.337 e. The lowest BCUT2D eigenvalue weighted by molar-refractivity contribution is 0.0692. The van der Waals surface area contributed by atoms with E-state index in [-0.39, 0.29) is 16.1 Å². The molecular formula is C13H11IN2O4S. The standard InChI is InChI=1S/C13H11IN2O4S/c14-10-3-1-2-4-11(10)16-21(19,20)12-7-8(15)5-6-9(12)13(17)18/h1-7,16H,15H2,(H,17,18). The Bertz CT molecular complexity index is 806. The fourth-order valence-corrected chi connectivity index (χ4v) is 3.70. The largest absolute Gasteiger partial charge is 0.478 e. The number of benzene rings is 2. The number of nitrogens with one attached hydrogen (secondary N) is 1. The first-order valence-corrected chi connectivity index (χ1v) is 8.27. The fraction of sp³-hybridized carbons (Fsp3) is 0. The first kappa shape index (κ1) is 15.6. The maximum Gasteiger partial charge on any atom is 0.337 e. The number of carboxylic acid groups (broad SMARTS) is 1. The highest BCUT2D eigenvalue weighted by molar-refractivity contribution is 14.1. The predicted octanol–water partition coefficient (Wildman–Crippen LogP) is 2.37. The highest BCUT2D eigenvalue weighted by atomic mass is 127. The van der Waals surface area contributed by atoms with Crippen LogP contribution in [0.2, 0.25) is 0 Å². The molecule has 0 aliphatic carbocycles. The van der Waals surface area contributed by atoms with Crippen molar-refractivity contribution in [3.63, 3.8) is 0 Å². The molecule has 110 valence electrons. The third kappa shape index (κ3) is 3.45. The highest BCUT2D eigenvalue weighted by Crippen LogP contribution is 2.24. The minimum Gasteiger partial charge on any atom is -0.478 e. The monoisotopic (exact) mass is 418 g/mol. The van der Waals surface area contributed by atoms with Crippen LogP contribution in [0.4, 0.5) is 11.4 Å². The fourth-order valence-electron chi connectivity index (χ4n) is 1.68. The van der Waals surface area contributed by atoms with E-state index in [1.165, 1.54) is 12.1 Å². The average Bonchev–Trinajstić information content (AvgIpc) is 2.41. The van der Waals surface area contributed by atoms with Gasteiger partial charge in [0.2, 0.25) is 0 Å². The van der Waals surface area contributed by atoms with Crippen molar-refractivity contribution < 1.29 is 18.3 Å². The van der Waals surface area contributed by atoms with E-state index in [4.69, 9.17) is 10.8 Å². The number of hydrogen-bond acceptors (Lipinski definition) is 4. The number of hydrogen-bond donors (Lipinski definition) is 3. The number of nitrogen functional groups attached to an aromatic ring is 1. The summed E-state index contributed by atoms with van der Waals surface area (Å²) in [5, 5.41) is 9.11. The molecule has 0 heterocycles. The summed E-state index contributed by atoms with van der Waals surface area (Å²) in [4.78, 5) is 10.8. The van der Waals surface area contributed by atoms with Crippen LogP contribution in [0.3, 0.4) is 0 Å². The van der Waals surface area contributed by atoms with E-state index in [0.29, 0.717) is 9.26 Å². The summed E-state index contributed by atoms with van der Waals surface area (Å²) in [5.41, 5.74) is 5.77. The molecule has 0 aliphatic rings. The predicted molar refractivity (Wildman–Crippen MR) is 87.8 cm³/mol. The van der Waals surface area contributed by atoms with Crippen LogP contribution in [0.25, 0.3) is 0 Å². The third-order valence-electron chi connectivity index (χ3n) is 2.64. The zero-order valence-electron chi connectivity index (χ0n) is 10.6. The molecule has 4 N–H and O–H groups in total. The molecule has 0 fully saturated rings. The molecule has 0 bridgehead atoms. The van der Waals surface area contributed by atoms with Gasteiger partial charge in [-0.3, -0.25) is 4.72 Å². The summed E-state index contributed by atoms with van der Waals surface area (Å²) in [5.74, 6) is -1.34.